The molecule has 2 fully saturated rings. The van der Waals surface area contributed by atoms with Crippen LogP contribution in [0, 0.1) is 5.92 Å². The van der Waals surface area contributed by atoms with Crippen molar-refractivity contribution in [2.75, 3.05) is 32.2 Å². The minimum atomic E-state index is -0.461. The Kier molecular flexibility index (Phi) is 6.67. The lowest BCUT2D eigenvalue weighted by Crippen LogP contribution is -2.49. The lowest BCUT2D eigenvalue weighted by Gasteiger charge is -2.38. The van der Waals surface area contributed by atoms with Gasteiger partial charge < -0.3 is 19.7 Å². The molecule has 8 heteroatoms. The van der Waals surface area contributed by atoms with Gasteiger partial charge in [-0.3, -0.25) is 9.59 Å². The molecule has 2 aliphatic rings. The molecule has 0 atom stereocenters. The quantitative estimate of drug-likeness (QED) is 0.716. The highest BCUT2D eigenvalue weighted by atomic mass is 32.1. The Bertz CT molecular complexity index is 950. The van der Waals surface area contributed by atoms with Gasteiger partial charge in [0, 0.05) is 23.4 Å². The number of morpholine rings is 1. The largest absolute Gasteiger partial charge is 0.465 e. The molecule has 1 N–H and O–H groups in total. The Balaban J connectivity index is 1.43. The van der Waals surface area contributed by atoms with E-state index in [0.717, 1.165) is 23.3 Å². The standard InChI is InChI=1S/C23H26N2O5S/c1-29-23(28)21-18(13-19(31-21)15-5-3-2-4-6-15)24-22(27)16-7-9-17(10-8-16)25-11-12-30-14-20(25)26/h2-6,13,16-17H,7-12,14H2,1H3,(H,24,27). The van der Waals surface area contributed by atoms with E-state index >= 15 is 0 Å². The molecule has 1 aromatic heterocycles. The molecule has 0 unspecified atom stereocenters. The molecule has 0 radical (unpaired) electrons. The Morgan fingerprint density at radius 1 is 1.16 bits per heavy atom. The van der Waals surface area contributed by atoms with Crippen LogP contribution in [-0.4, -0.2) is 55.6 Å². The highest BCUT2D eigenvalue weighted by molar-refractivity contribution is 7.18. The number of benzene rings is 1. The lowest BCUT2D eigenvalue weighted by atomic mass is 9.84. The molecular formula is C23H26N2O5S. The Morgan fingerprint density at radius 2 is 1.90 bits per heavy atom. The minimum absolute atomic E-state index is 0.0357. The number of nitrogens with one attached hydrogen (secondary N) is 1. The van der Waals surface area contributed by atoms with Gasteiger partial charge >= 0.3 is 5.97 Å². The molecule has 164 valence electrons. The molecular weight excluding hydrogens is 416 g/mol. The Labute approximate surface area is 185 Å². The number of methoxy groups -OCH3 is 1. The summed E-state index contributed by atoms with van der Waals surface area (Å²) in [4.78, 5) is 40.5. The predicted molar refractivity (Wildman–Crippen MR) is 118 cm³/mol. The number of hydrogen-bond acceptors (Lipinski definition) is 6. The molecule has 7 nitrogen and oxygen atoms in total. The summed E-state index contributed by atoms with van der Waals surface area (Å²) in [7, 11) is 1.34. The topological polar surface area (TPSA) is 84.9 Å². The van der Waals surface area contributed by atoms with Crippen molar-refractivity contribution in [3.05, 3.63) is 41.3 Å². The van der Waals surface area contributed by atoms with E-state index in [9.17, 15) is 14.4 Å². The Morgan fingerprint density at radius 3 is 2.58 bits per heavy atom. The monoisotopic (exact) mass is 442 g/mol. The zero-order valence-electron chi connectivity index (χ0n) is 17.5. The number of anilines is 1. The van der Waals surface area contributed by atoms with Crippen molar-refractivity contribution in [3.63, 3.8) is 0 Å². The van der Waals surface area contributed by atoms with Crippen LogP contribution in [-0.2, 0) is 19.1 Å². The van der Waals surface area contributed by atoms with Gasteiger partial charge in [0.25, 0.3) is 0 Å². The van der Waals surface area contributed by atoms with E-state index in [1.54, 1.807) is 0 Å². The lowest BCUT2D eigenvalue weighted by molar-refractivity contribution is -0.146. The maximum atomic E-state index is 13.0. The fourth-order valence-electron chi connectivity index (χ4n) is 4.27. The second-order valence-electron chi connectivity index (χ2n) is 7.85. The van der Waals surface area contributed by atoms with Gasteiger partial charge in [-0.15, -0.1) is 11.3 Å². The van der Waals surface area contributed by atoms with Crippen LogP contribution in [0.15, 0.2) is 36.4 Å². The summed E-state index contributed by atoms with van der Waals surface area (Å²) in [6, 6.07) is 11.7. The van der Waals surface area contributed by atoms with Crippen LogP contribution in [0.4, 0.5) is 5.69 Å². The summed E-state index contributed by atoms with van der Waals surface area (Å²) < 4.78 is 10.1. The van der Waals surface area contributed by atoms with Gasteiger partial charge in [-0.1, -0.05) is 30.3 Å². The smallest absolute Gasteiger partial charge is 0.350 e. The number of carbonyl (C=O) groups is 3. The average molecular weight is 443 g/mol. The SMILES string of the molecule is COC(=O)c1sc(-c2ccccc2)cc1NC(=O)C1CCC(N2CCOCC2=O)CC1. The van der Waals surface area contributed by atoms with Crippen LogP contribution in [0.1, 0.15) is 35.4 Å². The van der Waals surface area contributed by atoms with E-state index in [0.29, 0.717) is 36.6 Å². The molecule has 2 heterocycles. The van der Waals surface area contributed by atoms with E-state index < -0.39 is 5.97 Å². The third-order valence-corrected chi connectivity index (χ3v) is 7.11. The van der Waals surface area contributed by atoms with Crippen molar-refractivity contribution in [2.45, 2.75) is 31.7 Å². The molecule has 1 saturated heterocycles. The minimum Gasteiger partial charge on any atom is -0.465 e. The van der Waals surface area contributed by atoms with Gasteiger partial charge in [-0.2, -0.15) is 0 Å². The van der Waals surface area contributed by atoms with E-state index in [1.807, 2.05) is 41.3 Å². The molecule has 2 amide bonds. The zero-order valence-corrected chi connectivity index (χ0v) is 18.3. The van der Waals surface area contributed by atoms with Gasteiger partial charge in [0.15, 0.2) is 0 Å². The summed E-state index contributed by atoms with van der Waals surface area (Å²) in [5, 5.41) is 2.96. The fraction of sp³-hybridized carbons (Fsp3) is 0.435. The summed E-state index contributed by atoms with van der Waals surface area (Å²) >= 11 is 1.31. The van der Waals surface area contributed by atoms with Crippen molar-refractivity contribution in [1.29, 1.82) is 0 Å². The molecule has 1 aliphatic carbocycles. The first-order chi connectivity index (χ1) is 15.1. The highest BCUT2D eigenvalue weighted by Gasteiger charge is 2.33. The van der Waals surface area contributed by atoms with Crippen molar-refractivity contribution < 1.29 is 23.9 Å². The molecule has 1 saturated carbocycles. The van der Waals surface area contributed by atoms with E-state index in [2.05, 4.69) is 5.32 Å². The molecule has 0 spiro atoms. The van der Waals surface area contributed by atoms with Crippen molar-refractivity contribution in [3.8, 4) is 10.4 Å². The number of nitrogens with zero attached hydrogens (tertiary/aromatic N) is 1. The second kappa shape index (κ2) is 9.62. The number of ether oxygens (including phenoxy) is 2. The summed E-state index contributed by atoms with van der Waals surface area (Å²) in [5.74, 6) is -0.655. The molecule has 1 aromatic carbocycles. The Hall–Kier alpha value is -2.71. The molecule has 4 rings (SSSR count). The zero-order chi connectivity index (χ0) is 21.8. The second-order valence-corrected chi connectivity index (χ2v) is 8.90. The van der Waals surface area contributed by atoms with E-state index in [4.69, 9.17) is 9.47 Å². The van der Waals surface area contributed by atoms with Crippen LogP contribution < -0.4 is 5.32 Å². The summed E-state index contributed by atoms with van der Waals surface area (Å²) in [5.41, 5.74) is 1.47. The van der Waals surface area contributed by atoms with Crippen molar-refractivity contribution in [1.82, 2.24) is 4.90 Å². The molecule has 1 aliphatic heterocycles. The predicted octanol–water partition coefficient (Wildman–Crippen LogP) is 3.56. The van der Waals surface area contributed by atoms with Gasteiger partial charge in [-0.05, 0) is 37.3 Å². The fourth-order valence-corrected chi connectivity index (χ4v) is 5.31. The van der Waals surface area contributed by atoms with E-state index in [-0.39, 0.29) is 30.4 Å². The first-order valence-electron chi connectivity index (χ1n) is 10.5. The van der Waals surface area contributed by atoms with Gasteiger partial charge in [0.1, 0.15) is 11.5 Å². The number of thiophene rings is 1. The number of carbonyl (C=O) groups excluding carboxylic acids is 3. The highest BCUT2D eigenvalue weighted by Crippen LogP contribution is 2.36. The van der Waals surface area contributed by atoms with Crippen LogP contribution in [0.25, 0.3) is 10.4 Å². The maximum absolute atomic E-state index is 13.0. The van der Waals surface area contributed by atoms with Crippen molar-refractivity contribution >= 4 is 34.8 Å². The summed E-state index contributed by atoms with van der Waals surface area (Å²) in [6.45, 7) is 1.35. The van der Waals surface area contributed by atoms with Crippen LogP contribution in [0.2, 0.25) is 0 Å². The van der Waals surface area contributed by atoms with Gasteiger partial charge in [-0.25, -0.2) is 4.79 Å². The van der Waals surface area contributed by atoms with E-state index in [1.165, 1.54) is 18.4 Å². The van der Waals surface area contributed by atoms with Crippen LogP contribution in [0.5, 0.6) is 0 Å². The average Bonchev–Trinajstić information content (AvgIpc) is 3.23. The van der Waals surface area contributed by atoms with Gasteiger partial charge in [0.2, 0.25) is 11.8 Å². The first-order valence-corrected chi connectivity index (χ1v) is 11.3. The van der Waals surface area contributed by atoms with Crippen LogP contribution >= 0.6 is 11.3 Å². The number of hydrogen-bond donors (Lipinski definition) is 1. The number of esters is 1. The third-order valence-electron chi connectivity index (χ3n) is 5.95. The number of amides is 2. The number of rotatable bonds is 5. The molecule has 2 aromatic rings. The maximum Gasteiger partial charge on any atom is 0.350 e. The first kappa shape index (κ1) is 21.5. The normalized spacial score (nSPS) is 21.6. The van der Waals surface area contributed by atoms with Gasteiger partial charge in [0.05, 0.1) is 19.4 Å². The van der Waals surface area contributed by atoms with Crippen LogP contribution in [0.3, 0.4) is 0 Å². The molecule has 0 bridgehead atoms. The third kappa shape index (κ3) is 4.80. The summed E-state index contributed by atoms with van der Waals surface area (Å²) in [6.07, 6.45) is 3.02. The van der Waals surface area contributed by atoms with Crippen molar-refractivity contribution in [2.24, 2.45) is 5.92 Å². The molecule has 31 heavy (non-hydrogen) atoms.